The molecule has 0 atom stereocenters. The van der Waals surface area contributed by atoms with Crippen molar-refractivity contribution in [2.75, 3.05) is 38.5 Å². The number of amides is 1. The molecule has 132 valence electrons. The number of carbonyl (C=O) groups excluding carboxylic acids is 1. The number of hydrogen-bond acceptors (Lipinski definition) is 3. The molecular formula is C19H21F2N3O. The van der Waals surface area contributed by atoms with Crippen molar-refractivity contribution < 1.29 is 13.6 Å². The van der Waals surface area contributed by atoms with Crippen LogP contribution in [0.2, 0.25) is 0 Å². The summed E-state index contributed by atoms with van der Waals surface area (Å²) in [4.78, 5) is 16.8. The van der Waals surface area contributed by atoms with Crippen LogP contribution in [0.25, 0.3) is 0 Å². The molecule has 0 spiro atoms. The Labute approximate surface area is 146 Å². The normalized spacial score (nSPS) is 16.0. The lowest BCUT2D eigenvalue weighted by atomic mass is 10.1. The maximum Gasteiger partial charge on any atom is 0.255 e. The van der Waals surface area contributed by atoms with E-state index < -0.39 is 17.5 Å². The molecule has 4 nitrogen and oxygen atoms in total. The summed E-state index contributed by atoms with van der Waals surface area (Å²) in [6, 6.07) is 10.7. The second-order valence-corrected chi connectivity index (χ2v) is 6.36. The molecule has 6 heteroatoms. The number of benzene rings is 2. The van der Waals surface area contributed by atoms with Crippen LogP contribution in [0.4, 0.5) is 14.5 Å². The van der Waals surface area contributed by atoms with Crippen molar-refractivity contribution in [3.05, 3.63) is 65.2 Å². The lowest BCUT2D eigenvalue weighted by Crippen LogP contribution is -2.43. The van der Waals surface area contributed by atoms with Gasteiger partial charge in [0.05, 0.1) is 0 Å². The predicted molar refractivity (Wildman–Crippen MR) is 93.5 cm³/mol. The van der Waals surface area contributed by atoms with Crippen LogP contribution in [0.1, 0.15) is 15.9 Å². The molecule has 1 N–H and O–H groups in total. The summed E-state index contributed by atoms with van der Waals surface area (Å²) in [7, 11) is 2.13. The van der Waals surface area contributed by atoms with Crippen molar-refractivity contribution in [3.8, 4) is 0 Å². The van der Waals surface area contributed by atoms with E-state index in [1.807, 2.05) is 24.3 Å². The number of piperazine rings is 1. The Morgan fingerprint density at radius 1 is 1.00 bits per heavy atom. The number of nitrogens with zero attached hydrogens (tertiary/aromatic N) is 2. The van der Waals surface area contributed by atoms with Crippen molar-refractivity contribution in [2.45, 2.75) is 6.54 Å². The highest BCUT2D eigenvalue weighted by Crippen LogP contribution is 2.15. The van der Waals surface area contributed by atoms with Gasteiger partial charge in [-0.2, -0.15) is 0 Å². The van der Waals surface area contributed by atoms with Crippen LogP contribution in [-0.2, 0) is 6.54 Å². The van der Waals surface area contributed by atoms with E-state index in [1.165, 1.54) is 11.6 Å². The molecule has 1 amide bonds. The summed E-state index contributed by atoms with van der Waals surface area (Å²) in [6.45, 7) is 5.12. The standard InChI is InChI=1S/C19H21F2N3O/c1-23-8-10-24(11-9-23)13-14-2-5-16(6-3-14)22-19(25)15-4-7-17(20)18(21)12-15/h2-7,12H,8-11,13H2,1H3,(H,22,25). The molecule has 0 unspecified atom stereocenters. The number of halogens is 2. The smallest absolute Gasteiger partial charge is 0.255 e. The molecule has 1 saturated heterocycles. The number of anilines is 1. The Morgan fingerprint density at radius 3 is 2.32 bits per heavy atom. The quantitative estimate of drug-likeness (QED) is 0.925. The van der Waals surface area contributed by atoms with Gasteiger partial charge in [-0.3, -0.25) is 9.69 Å². The summed E-state index contributed by atoms with van der Waals surface area (Å²) in [5.74, 6) is -2.47. The minimum atomic E-state index is -1.03. The van der Waals surface area contributed by atoms with Crippen molar-refractivity contribution in [1.29, 1.82) is 0 Å². The summed E-state index contributed by atoms with van der Waals surface area (Å²) in [5, 5.41) is 2.69. The summed E-state index contributed by atoms with van der Waals surface area (Å²) < 4.78 is 26.1. The molecule has 0 bridgehead atoms. The second-order valence-electron chi connectivity index (χ2n) is 6.36. The minimum absolute atomic E-state index is 0.0837. The third-order valence-electron chi connectivity index (χ3n) is 4.40. The highest BCUT2D eigenvalue weighted by molar-refractivity contribution is 6.04. The van der Waals surface area contributed by atoms with E-state index >= 15 is 0 Å². The summed E-state index contributed by atoms with van der Waals surface area (Å²) >= 11 is 0. The highest BCUT2D eigenvalue weighted by atomic mass is 19.2. The third kappa shape index (κ3) is 4.61. The lowest BCUT2D eigenvalue weighted by molar-refractivity contribution is 0.102. The first kappa shape index (κ1) is 17.5. The van der Waals surface area contributed by atoms with E-state index in [0.29, 0.717) is 5.69 Å². The van der Waals surface area contributed by atoms with Crippen molar-refractivity contribution in [2.24, 2.45) is 0 Å². The minimum Gasteiger partial charge on any atom is -0.322 e. The molecule has 1 aliphatic heterocycles. The molecule has 1 heterocycles. The first-order valence-electron chi connectivity index (χ1n) is 8.27. The van der Waals surface area contributed by atoms with Gasteiger partial charge >= 0.3 is 0 Å². The van der Waals surface area contributed by atoms with Crippen LogP contribution in [-0.4, -0.2) is 48.9 Å². The molecule has 2 aromatic carbocycles. The Hall–Kier alpha value is -2.31. The van der Waals surface area contributed by atoms with Crippen LogP contribution in [0, 0.1) is 11.6 Å². The van der Waals surface area contributed by atoms with Crippen LogP contribution in [0.3, 0.4) is 0 Å². The average molecular weight is 345 g/mol. The zero-order valence-corrected chi connectivity index (χ0v) is 14.1. The molecule has 0 aromatic heterocycles. The van der Waals surface area contributed by atoms with Gasteiger partial charge in [-0.05, 0) is 42.9 Å². The maximum atomic E-state index is 13.2. The van der Waals surface area contributed by atoms with Gasteiger partial charge in [-0.1, -0.05) is 12.1 Å². The molecule has 3 rings (SSSR count). The fraction of sp³-hybridized carbons (Fsp3) is 0.316. The van der Waals surface area contributed by atoms with Gasteiger partial charge in [0.15, 0.2) is 11.6 Å². The van der Waals surface area contributed by atoms with Crippen LogP contribution in [0.15, 0.2) is 42.5 Å². The van der Waals surface area contributed by atoms with E-state index in [-0.39, 0.29) is 5.56 Å². The molecule has 1 fully saturated rings. The van der Waals surface area contributed by atoms with Crippen molar-refractivity contribution >= 4 is 11.6 Å². The average Bonchev–Trinajstić information content (AvgIpc) is 2.61. The van der Waals surface area contributed by atoms with Crippen LogP contribution < -0.4 is 5.32 Å². The maximum absolute atomic E-state index is 13.2. The molecule has 25 heavy (non-hydrogen) atoms. The number of rotatable bonds is 4. The number of carbonyl (C=O) groups is 1. The molecular weight excluding hydrogens is 324 g/mol. The van der Waals surface area contributed by atoms with Crippen LogP contribution in [0.5, 0.6) is 0 Å². The Bertz CT molecular complexity index is 741. The van der Waals surface area contributed by atoms with Gasteiger partial charge in [-0.15, -0.1) is 0 Å². The van der Waals surface area contributed by atoms with E-state index in [2.05, 4.69) is 22.2 Å². The number of hydrogen-bond donors (Lipinski definition) is 1. The van der Waals surface area contributed by atoms with Gasteiger partial charge in [0, 0.05) is 44.0 Å². The Kier molecular flexibility index (Phi) is 5.40. The number of nitrogens with one attached hydrogen (secondary N) is 1. The highest BCUT2D eigenvalue weighted by Gasteiger charge is 2.14. The first-order chi connectivity index (χ1) is 12.0. The monoisotopic (exact) mass is 345 g/mol. The van der Waals surface area contributed by atoms with E-state index in [9.17, 15) is 13.6 Å². The van der Waals surface area contributed by atoms with E-state index in [1.54, 1.807) is 0 Å². The van der Waals surface area contributed by atoms with E-state index in [4.69, 9.17) is 0 Å². The fourth-order valence-electron chi connectivity index (χ4n) is 2.80. The largest absolute Gasteiger partial charge is 0.322 e. The predicted octanol–water partition coefficient (Wildman–Crippen LogP) is 2.96. The van der Waals surface area contributed by atoms with Gasteiger partial charge < -0.3 is 10.2 Å². The van der Waals surface area contributed by atoms with Gasteiger partial charge in [0.2, 0.25) is 0 Å². The zero-order valence-electron chi connectivity index (χ0n) is 14.1. The van der Waals surface area contributed by atoms with Gasteiger partial charge in [0.25, 0.3) is 5.91 Å². The molecule has 0 saturated carbocycles. The van der Waals surface area contributed by atoms with Crippen LogP contribution >= 0.6 is 0 Å². The Balaban J connectivity index is 1.58. The summed E-state index contributed by atoms with van der Waals surface area (Å²) in [6.07, 6.45) is 0. The molecule has 2 aromatic rings. The SMILES string of the molecule is CN1CCN(Cc2ccc(NC(=O)c3ccc(F)c(F)c3)cc2)CC1. The zero-order chi connectivity index (χ0) is 17.8. The third-order valence-corrected chi connectivity index (χ3v) is 4.40. The fourth-order valence-corrected chi connectivity index (χ4v) is 2.80. The van der Waals surface area contributed by atoms with Crippen molar-refractivity contribution in [1.82, 2.24) is 9.80 Å². The Morgan fingerprint density at radius 2 is 1.68 bits per heavy atom. The second kappa shape index (κ2) is 7.72. The lowest BCUT2D eigenvalue weighted by Gasteiger charge is -2.32. The van der Waals surface area contributed by atoms with E-state index in [0.717, 1.165) is 44.9 Å². The first-order valence-corrected chi connectivity index (χ1v) is 8.27. The molecule has 0 aliphatic carbocycles. The summed E-state index contributed by atoms with van der Waals surface area (Å²) in [5.41, 5.74) is 1.88. The van der Waals surface area contributed by atoms with Crippen molar-refractivity contribution in [3.63, 3.8) is 0 Å². The molecule has 0 radical (unpaired) electrons. The van der Waals surface area contributed by atoms with Gasteiger partial charge in [0.1, 0.15) is 0 Å². The number of likely N-dealkylation sites (N-methyl/N-ethyl adjacent to an activating group) is 1. The van der Waals surface area contributed by atoms with Gasteiger partial charge in [-0.25, -0.2) is 8.78 Å². The molecule has 1 aliphatic rings. The topological polar surface area (TPSA) is 35.6 Å².